The fourth-order valence-corrected chi connectivity index (χ4v) is 1.24. The average Bonchev–Trinajstić information content (AvgIpc) is 2.62. The molecule has 144 valence electrons. The van der Waals surface area contributed by atoms with Gasteiger partial charge in [-0.25, -0.2) is 0 Å². The zero-order valence-electron chi connectivity index (χ0n) is 12.5. The van der Waals surface area contributed by atoms with Gasteiger partial charge >= 0.3 is 0 Å². The lowest BCUT2D eigenvalue weighted by Crippen LogP contribution is -2.46. The molecule has 0 spiro atoms. The summed E-state index contributed by atoms with van der Waals surface area (Å²) in [5.74, 6) is 0. The van der Waals surface area contributed by atoms with Gasteiger partial charge in [0.25, 0.3) is 0 Å². The molecule has 8 atom stereocenters. The molecule has 12 nitrogen and oxygen atoms in total. The van der Waals surface area contributed by atoms with Gasteiger partial charge in [0.1, 0.15) is 48.8 Å². The summed E-state index contributed by atoms with van der Waals surface area (Å²) in [5.41, 5.74) is 0. The molecule has 0 heterocycles. The maximum atomic E-state index is 9.90. The Kier molecular flexibility index (Phi) is 13.9. The average molecular weight is 360 g/mol. The van der Waals surface area contributed by atoms with E-state index in [9.17, 15) is 9.59 Å². The van der Waals surface area contributed by atoms with Gasteiger partial charge in [-0.3, -0.25) is 0 Å². The first-order chi connectivity index (χ1) is 11.1. The first-order valence-corrected chi connectivity index (χ1v) is 6.65. The van der Waals surface area contributed by atoms with Crippen molar-refractivity contribution < 1.29 is 60.7 Å². The minimum absolute atomic E-state index is 0.0258. The molecule has 0 aromatic carbocycles. The summed E-state index contributed by atoms with van der Waals surface area (Å²) in [4.78, 5) is 19.8. The van der Waals surface area contributed by atoms with Crippen molar-refractivity contribution in [1.82, 2.24) is 0 Å². The number of aldehydes is 2. The minimum atomic E-state index is -1.79. The highest BCUT2D eigenvalue weighted by Gasteiger charge is 2.30. The second kappa shape index (κ2) is 13.3. The lowest BCUT2D eigenvalue weighted by atomic mass is 10.0. The van der Waals surface area contributed by atoms with Crippen molar-refractivity contribution in [3.63, 3.8) is 0 Å². The molecule has 0 saturated carbocycles. The maximum absolute atomic E-state index is 9.90. The largest absolute Gasteiger partial charge is 0.394 e. The van der Waals surface area contributed by atoms with E-state index in [2.05, 4.69) is 0 Å². The van der Waals surface area contributed by atoms with Gasteiger partial charge in [0, 0.05) is 0 Å². The summed E-state index contributed by atoms with van der Waals surface area (Å²) in [7, 11) is 0. The molecule has 0 radical (unpaired) electrons. The molecule has 0 aliphatic rings. The summed E-state index contributed by atoms with van der Waals surface area (Å²) in [6.07, 6.45) is -13.7. The highest BCUT2D eigenvalue weighted by Crippen LogP contribution is 2.03. The van der Waals surface area contributed by atoms with E-state index in [-0.39, 0.29) is 12.6 Å². The van der Waals surface area contributed by atoms with Crippen molar-refractivity contribution in [1.29, 1.82) is 0 Å². The van der Waals surface area contributed by atoms with E-state index >= 15 is 0 Å². The Morgan fingerprint density at radius 2 is 0.792 bits per heavy atom. The molecule has 24 heavy (non-hydrogen) atoms. The minimum Gasteiger partial charge on any atom is -0.394 e. The van der Waals surface area contributed by atoms with Crippen molar-refractivity contribution in [2.45, 2.75) is 48.8 Å². The van der Waals surface area contributed by atoms with Crippen molar-refractivity contribution >= 4 is 12.6 Å². The SMILES string of the molecule is O=C[C@@H](O)[C@@H](O)[C@@H](O)[C@H](O)CO.O=C[C@@H](O)[C@@H](O)[C@@H](O)[C@H](O)CO. The molecule has 10 N–H and O–H groups in total. The van der Waals surface area contributed by atoms with Crippen LogP contribution in [0.5, 0.6) is 0 Å². The van der Waals surface area contributed by atoms with Crippen LogP contribution in [0.25, 0.3) is 0 Å². The van der Waals surface area contributed by atoms with E-state index in [1.54, 1.807) is 0 Å². The molecule has 0 rings (SSSR count). The molecule has 0 saturated heterocycles. The van der Waals surface area contributed by atoms with Crippen LogP contribution in [0, 0.1) is 0 Å². The van der Waals surface area contributed by atoms with Crippen LogP contribution in [-0.4, -0.2) is 126 Å². The van der Waals surface area contributed by atoms with E-state index in [1.807, 2.05) is 0 Å². The van der Waals surface area contributed by atoms with E-state index in [4.69, 9.17) is 51.1 Å². The van der Waals surface area contributed by atoms with Crippen LogP contribution in [-0.2, 0) is 9.59 Å². The normalized spacial score (nSPS) is 21.1. The number of aliphatic hydroxyl groups is 10. The Morgan fingerprint density at radius 3 is 0.958 bits per heavy atom. The van der Waals surface area contributed by atoms with E-state index in [0.29, 0.717) is 0 Å². The lowest BCUT2D eigenvalue weighted by molar-refractivity contribution is -0.136. The van der Waals surface area contributed by atoms with Crippen LogP contribution in [0.15, 0.2) is 0 Å². The Balaban J connectivity index is 0. The molecule has 12 heteroatoms. The molecule has 0 aliphatic carbocycles. The third-order valence-corrected chi connectivity index (χ3v) is 2.84. The molecule has 0 aromatic heterocycles. The zero-order chi connectivity index (χ0) is 19.4. The van der Waals surface area contributed by atoms with Gasteiger partial charge in [-0.2, -0.15) is 0 Å². The molecular weight excluding hydrogens is 336 g/mol. The van der Waals surface area contributed by atoms with Gasteiger partial charge in [0.2, 0.25) is 0 Å². The molecule has 0 bridgehead atoms. The number of carbonyl (C=O) groups excluding carboxylic acids is 2. The number of rotatable bonds is 10. The van der Waals surface area contributed by atoms with Gasteiger partial charge in [0.05, 0.1) is 13.2 Å². The standard InChI is InChI=1S/2C6H12O6/c2*7-1-3(9)5(11)6(12)4(10)2-8/h2*1,3-6,8-12H,2H2/t2*3-,4-,5-,6+/m11/s1. The van der Waals surface area contributed by atoms with Crippen LogP contribution in [0.2, 0.25) is 0 Å². The Bertz CT molecular complexity index is 308. The fourth-order valence-electron chi connectivity index (χ4n) is 1.24. The van der Waals surface area contributed by atoms with Crippen LogP contribution < -0.4 is 0 Å². The quantitative estimate of drug-likeness (QED) is 0.164. The summed E-state index contributed by atoms with van der Waals surface area (Å²) in [5, 5.41) is 87.1. The predicted octanol–water partition coefficient (Wildman–Crippen LogP) is -6.76. The monoisotopic (exact) mass is 360 g/mol. The van der Waals surface area contributed by atoms with E-state index in [1.165, 1.54) is 0 Å². The van der Waals surface area contributed by atoms with Crippen molar-refractivity contribution in [3.05, 3.63) is 0 Å². The smallest absolute Gasteiger partial charge is 0.151 e. The van der Waals surface area contributed by atoms with Gasteiger partial charge in [-0.1, -0.05) is 0 Å². The van der Waals surface area contributed by atoms with Gasteiger partial charge in [0.15, 0.2) is 12.6 Å². The molecule has 0 unspecified atom stereocenters. The molecular formula is C12H24O12. The third kappa shape index (κ3) is 8.70. The third-order valence-electron chi connectivity index (χ3n) is 2.84. The topological polar surface area (TPSA) is 236 Å². The first-order valence-electron chi connectivity index (χ1n) is 6.65. The summed E-state index contributed by atoms with van der Waals surface area (Å²) >= 11 is 0. The number of hydrogen-bond acceptors (Lipinski definition) is 12. The maximum Gasteiger partial charge on any atom is 0.151 e. The fraction of sp³-hybridized carbons (Fsp3) is 0.833. The molecule has 0 aliphatic heterocycles. The van der Waals surface area contributed by atoms with Crippen LogP contribution in [0.1, 0.15) is 0 Å². The Hall–Kier alpha value is -1.06. The molecule has 0 aromatic rings. The van der Waals surface area contributed by atoms with Gasteiger partial charge in [-0.05, 0) is 0 Å². The van der Waals surface area contributed by atoms with Crippen LogP contribution >= 0.6 is 0 Å². The van der Waals surface area contributed by atoms with Crippen molar-refractivity contribution in [2.24, 2.45) is 0 Å². The summed E-state index contributed by atoms with van der Waals surface area (Å²) in [6, 6.07) is 0. The van der Waals surface area contributed by atoms with Gasteiger partial charge in [-0.15, -0.1) is 0 Å². The highest BCUT2D eigenvalue weighted by atomic mass is 16.4. The van der Waals surface area contributed by atoms with E-state index < -0.39 is 62.0 Å². The molecule has 0 amide bonds. The highest BCUT2D eigenvalue weighted by molar-refractivity contribution is 5.57. The second-order valence-corrected chi connectivity index (χ2v) is 4.72. The van der Waals surface area contributed by atoms with Gasteiger partial charge < -0.3 is 60.7 Å². The Morgan fingerprint density at radius 1 is 0.542 bits per heavy atom. The number of carbonyl (C=O) groups is 2. The van der Waals surface area contributed by atoms with Crippen LogP contribution in [0.4, 0.5) is 0 Å². The lowest BCUT2D eigenvalue weighted by Gasteiger charge is -2.22. The number of aliphatic hydroxyl groups excluding tert-OH is 10. The second-order valence-electron chi connectivity index (χ2n) is 4.72. The summed E-state index contributed by atoms with van der Waals surface area (Å²) < 4.78 is 0. The summed E-state index contributed by atoms with van der Waals surface area (Å²) in [6.45, 7) is -1.52. The predicted molar refractivity (Wildman–Crippen MR) is 74.4 cm³/mol. The first kappa shape index (κ1) is 25.2. The molecule has 0 fully saturated rings. The van der Waals surface area contributed by atoms with E-state index in [0.717, 1.165) is 0 Å². The Labute approximate surface area is 136 Å². The van der Waals surface area contributed by atoms with Crippen molar-refractivity contribution in [2.75, 3.05) is 13.2 Å². The van der Waals surface area contributed by atoms with Crippen LogP contribution in [0.3, 0.4) is 0 Å². The zero-order valence-corrected chi connectivity index (χ0v) is 12.5. The number of hydrogen-bond donors (Lipinski definition) is 10. The van der Waals surface area contributed by atoms with Crippen molar-refractivity contribution in [3.8, 4) is 0 Å².